The molecule has 786 valence electrons. The minimum absolute atomic E-state index is 0.202. The van der Waals surface area contributed by atoms with Crippen molar-refractivity contribution in [2.24, 2.45) is 0 Å². The van der Waals surface area contributed by atoms with E-state index in [1.54, 1.807) is 6.92 Å². The average molecular weight is 1880 g/mol. The van der Waals surface area contributed by atoms with Crippen LogP contribution in [0.15, 0.2) is 0 Å². The molecule has 24 nitrogen and oxygen atoms in total. The third-order valence-corrected chi connectivity index (χ3v) is 31.8. The summed E-state index contributed by atoms with van der Waals surface area (Å²) in [5, 5.41) is 12.4. The van der Waals surface area contributed by atoms with E-state index in [2.05, 4.69) is 343 Å². The molecule has 0 aromatic carbocycles. The number of piperazine rings is 6. The Bertz CT molecular complexity index is 2990. The zero-order valence-corrected chi connectivity index (χ0v) is 95.1. The topological polar surface area (TPSA) is 137 Å². The summed E-state index contributed by atoms with van der Waals surface area (Å²) in [6.07, 6.45) is 15.6. The first kappa shape index (κ1) is 122. The quantitative estimate of drug-likeness (QED) is 0.226. The number of ketones is 1. The van der Waals surface area contributed by atoms with Gasteiger partial charge in [-0.05, 0) is 314 Å². The number of rotatable bonds is 9. The summed E-state index contributed by atoms with van der Waals surface area (Å²) in [6.45, 7) is 123. The number of nitrogens with one attached hydrogen (secondary N) is 1. The lowest BCUT2D eigenvalue weighted by Gasteiger charge is -2.46. The van der Waals surface area contributed by atoms with Crippen LogP contribution in [0.1, 0.15) is 312 Å². The second kappa shape index (κ2) is 56.5. The van der Waals surface area contributed by atoms with Crippen LogP contribution in [-0.4, -0.2) is 497 Å². The number of piperidine rings is 6. The standard InChI is InChI=1S/C16H33N3.C15H31N3O.C15H30N2O.C13H27N3.2C11H24N2.C10H20N2O.C9H20N2.C9H17NO/c1-14(2)17-10-12-18(13-11-17)15-6-8-19(9-7-15)16(3,4)5;1-15(2,3)18-6-4-14(5-7-18)17-10-8-16(9-11-17)12-13-19;1-12-10-16(11-13(2)18-12)14-6-8-17(9-7-14)15(3,4)5;1-13(2,3)16-8-4-12(5-9-16)15-10-6-14-7-11-15;1-11(2,3)13-8-6-10(7-9-13)12(4)5;1-10(2)12-6-8-13(9-7-12)11(3,4)5;1-9(13)11-5-7-12(8-6-11)10(2,3)4;1-9(2,3)11-7-5-10(4)6-8-11;1-9(2,3)10-6-4-8(11)5-7-10/h14-15H,6-13H2,1-5H3;14,19H,4-13H2,1-3H3;12-14H,6-11H2,1-5H3;12,14H,4-11H2,1-3H3;2*10H,6-9H2,1-5H3;5-8H2,1-4H3;5-8H2,1-4H3;4-7H2,1-3H3. The van der Waals surface area contributed by atoms with Gasteiger partial charge in [0.05, 0.1) is 18.8 Å². The SMILES string of the molecule is CC(=O)N1CCN(C(C)(C)C)CC1.CC(C)(C)N1CCC(=O)CC1.CC(C)(C)N1CCC(N2CCN(CCO)CC2)CC1.CC(C)(C)N1CCC(N2CCNCC2)CC1.CC(C)N1CCN(C(C)(C)C)CC1.CC(C)N1CCN(C2CCN(C(C)(C)C)CC2)CC1.CC1CN(C2CCN(C(C)(C)C)CC2)CC(C)O1.CN(C)C1CCN(C(C)(C)C)CC1.CN1CCN(C(C)(C)C)CC1. The molecular weight excluding hydrogens is 1650 g/mol. The maximum atomic E-state index is 11.1. The van der Waals surface area contributed by atoms with Crippen LogP contribution in [0.5, 0.6) is 0 Å². The van der Waals surface area contributed by atoms with Gasteiger partial charge in [0.1, 0.15) is 5.78 Å². The second-order valence-electron chi connectivity index (χ2n) is 51.8. The largest absolute Gasteiger partial charge is 0.395 e. The van der Waals surface area contributed by atoms with Crippen LogP contribution < -0.4 is 5.32 Å². The molecule has 0 radical (unpaired) electrons. The molecular formula is C109H226N20O4. The molecule has 13 rings (SSSR count). The highest BCUT2D eigenvalue weighted by molar-refractivity contribution is 5.79. The van der Waals surface area contributed by atoms with E-state index in [9.17, 15) is 9.59 Å². The highest BCUT2D eigenvalue weighted by atomic mass is 16.5. The number of aliphatic hydroxyl groups excluding tert-OH is 1. The Morgan fingerprint density at radius 3 is 0.872 bits per heavy atom. The van der Waals surface area contributed by atoms with E-state index in [1.165, 1.54) is 247 Å². The van der Waals surface area contributed by atoms with Crippen molar-refractivity contribution in [1.29, 1.82) is 0 Å². The Kier molecular flexibility index (Phi) is 51.8. The molecule has 0 aromatic heterocycles. The van der Waals surface area contributed by atoms with E-state index in [4.69, 9.17) is 9.84 Å². The number of carbonyl (C=O) groups is 2. The number of hydrogen-bond acceptors (Lipinski definition) is 23. The third kappa shape index (κ3) is 45.4. The molecule has 2 unspecified atom stereocenters. The summed E-state index contributed by atoms with van der Waals surface area (Å²) in [7, 11) is 6.58. The number of β-amino-alcohol motifs (C(OH)–C–C–N with tert-alkyl or cyclic N) is 1. The van der Waals surface area contributed by atoms with E-state index < -0.39 is 0 Å². The molecule has 0 aromatic rings. The summed E-state index contributed by atoms with van der Waals surface area (Å²) >= 11 is 0. The zero-order valence-electron chi connectivity index (χ0n) is 95.1. The van der Waals surface area contributed by atoms with Crippen molar-refractivity contribution >= 4 is 11.7 Å². The van der Waals surface area contributed by atoms with Crippen LogP contribution in [0, 0.1) is 0 Å². The molecule has 2 atom stereocenters. The summed E-state index contributed by atoms with van der Waals surface area (Å²) in [4.78, 5) is 70.0. The molecule has 13 saturated heterocycles. The molecule has 0 aliphatic carbocycles. The first-order valence-electron chi connectivity index (χ1n) is 54.6. The molecule has 0 spiro atoms. The fraction of sp³-hybridized carbons (Fsp3) is 0.982. The van der Waals surface area contributed by atoms with Crippen LogP contribution in [0.2, 0.25) is 0 Å². The Morgan fingerprint density at radius 2 is 0.594 bits per heavy atom. The number of carbonyl (C=O) groups excluding carboxylic acids is 2. The molecule has 24 heteroatoms. The summed E-state index contributed by atoms with van der Waals surface area (Å²) in [6, 6.07) is 5.48. The van der Waals surface area contributed by atoms with E-state index >= 15 is 0 Å². The highest BCUT2D eigenvalue weighted by Crippen LogP contribution is 2.31. The van der Waals surface area contributed by atoms with Crippen LogP contribution in [-0.2, 0) is 14.3 Å². The minimum Gasteiger partial charge on any atom is -0.395 e. The van der Waals surface area contributed by atoms with Crippen LogP contribution in [0.25, 0.3) is 0 Å². The summed E-state index contributed by atoms with van der Waals surface area (Å²) in [5.41, 5.74) is 2.91. The molecule has 1 amide bonds. The normalized spacial score (nSPS) is 25.5. The van der Waals surface area contributed by atoms with Crippen molar-refractivity contribution in [3.05, 3.63) is 0 Å². The molecule has 13 heterocycles. The number of hydrogen-bond donors (Lipinski definition) is 2. The average Bonchev–Trinajstić information content (AvgIpc) is 0.840. The van der Waals surface area contributed by atoms with Gasteiger partial charge in [-0.2, -0.15) is 0 Å². The predicted molar refractivity (Wildman–Crippen MR) is 571 cm³/mol. The zero-order chi connectivity index (χ0) is 100. The monoisotopic (exact) mass is 1880 g/mol. The summed E-state index contributed by atoms with van der Waals surface area (Å²) in [5.74, 6) is 0.624. The number of aliphatic hydroxyl groups is 1. The first-order chi connectivity index (χ1) is 61.5. The Morgan fingerprint density at radius 1 is 0.346 bits per heavy atom. The maximum Gasteiger partial charge on any atom is 0.219 e. The van der Waals surface area contributed by atoms with Gasteiger partial charge in [-0.3, -0.25) is 88.0 Å². The molecule has 133 heavy (non-hydrogen) atoms. The van der Waals surface area contributed by atoms with Gasteiger partial charge in [0.15, 0.2) is 0 Å². The Labute approximate surface area is 824 Å². The molecule has 13 aliphatic heterocycles. The Hall–Kier alpha value is -1.70. The van der Waals surface area contributed by atoms with E-state index in [0.29, 0.717) is 75.5 Å². The van der Waals surface area contributed by atoms with Crippen molar-refractivity contribution in [3.63, 3.8) is 0 Å². The van der Waals surface area contributed by atoms with Gasteiger partial charge in [-0.15, -0.1) is 0 Å². The van der Waals surface area contributed by atoms with Gasteiger partial charge >= 0.3 is 0 Å². The number of likely N-dealkylation sites (N-methyl/N-ethyl adjacent to an activating group) is 1. The number of ether oxygens (including phenoxy) is 1. The van der Waals surface area contributed by atoms with Gasteiger partial charge in [0, 0.05) is 367 Å². The first-order valence-corrected chi connectivity index (χ1v) is 54.6. The van der Waals surface area contributed by atoms with Crippen LogP contribution in [0.4, 0.5) is 0 Å². The fourth-order valence-electron chi connectivity index (χ4n) is 21.8. The van der Waals surface area contributed by atoms with Crippen LogP contribution in [0.3, 0.4) is 0 Å². The van der Waals surface area contributed by atoms with Gasteiger partial charge in [0.25, 0.3) is 0 Å². The smallest absolute Gasteiger partial charge is 0.219 e. The lowest BCUT2D eigenvalue weighted by atomic mass is 9.96. The fourth-order valence-corrected chi connectivity index (χ4v) is 21.8. The summed E-state index contributed by atoms with van der Waals surface area (Å²) < 4.78 is 5.83. The maximum absolute atomic E-state index is 11.1. The van der Waals surface area contributed by atoms with E-state index in [-0.39, 0.29) is 17.0 Å². The predicted octanol–water partition coefficient (Wildman–Crippen LogP) is 13.7. The minimum atomic E-state index is 0.202. The van der Waals surface area contributed by atoms with Crippen LogP contribution >= 0.6 is 0 Å². The van der Waals surface area contributed by atoms with Gasteiger partial charge < -0.3 is 29.9 Å². The molecule has 13 aliphatic rings. The Balaban J connectivity index is 0.000000266. The van der Waals surface area contributed by atoms with Crippen molar-refractivity contribution in [2.45, 2.75) is 417 Å². The van der Waals surface area contributed by atoms with Crippen molar-refractivity contribution < 1.29 is 19.4 Å². The van der Waals surface area contributed by atoms with Crippen molar-refractivity contribution in [3.8, 4) is 0 Å². The number of Topliss-reactive ketones (excluding diaryl/α,β-unsaturated/α-hetero) is 1. The number of likely N-dealkylation sites (tertiary alicyclic amines) is 6. The van der Waals surface area contributed by atoms with Gasteiger partial charge in [-0.25, -0.2) is 0 Å². The second-order valence-corrected chi connectivity index (χ2v) is 51.8. The van der Waals surface area contributed by atoms with Gasteiger partial charge in [0.2, 0.25) is 5.91 Å². The number of morpholine rings is 1. The molecule has 0 bridgehead atoms. The third-order valence-electron chi connectivity index (χ3n) is 31.8. The number of nitrogens with zero attached hydrogens (tertiary/aromatic N) is 19. The highest BCUT2D eigenvalue weighted by Gasteiger charge is 2.39. The van der Waals surface area contributed by atoms with Crippen molar-refractivity contribution in [1.82, 2.24) is 98.4 Å². The van der Waals surface area contributed by atoms with Crippen molar-refractivity contribution in [2.75, 3.05) is 283 Å². The molecule has 2 N–H and O–H groups in total. The molecule has 13 fully saturated rings. The van der Waals surface area contributed by atoms with E-state index in [0.717, 1.165) is 115 Å². The lowest BCUT2D eigenvalue weighted by Crippen LogP contribution is -2.56. The van der Waals surface area contributed by atoms with E-state index in [1.807, 2.05) is 4.90 Å². The molecule has 0 saturated carbocycles. The van der Waals surface area contributed by atoms with Gasteiger partial charge in [-0.1, -0.05) is 0 Å². The number of amides is 1. The lowest BCUT2D eigenvalue weighted by molar-refractivity contribution is -0.131.